The monoisotopic (exact) mass is 252 g/mol. The average molecular weight is 253 g/mol. The lowest BCUT2D eigenvalue weighted by molar-refractivity contribution is 0.648. The molecule has 2 nitrogen and oxygen atoms in total. The fraction of sp³-hybridized carbons (Fsp3) is 0.571. The van der Waals surface area contributed by atoms with E-state index in [1.165, 1.54) is 56.6 Å². The van der Waals surface area contributed by atoms with Crippen LogP contribution in [0.3, 0.4) is 0 Å². The van der Waals surface area contributed by atoms with Gasteiger partial charge in [-0.15, -0.1) is 12.4 Å². The van der Waals surface area contributed by atoms with Crippen molar-refractivity contribution in [1.82, 2.24) is 5.32 Å². The third-order valence-corrected chi connectivity index (χ3v) is 3.83. The molecule has 1 aromatic rings. The summed E-state index contributed by atoms with van der Waals surface area (Å²) >= 11 is 0. The normalized spacial score (nSPS) is 23.8. The van der Waals surface area contributed by atoms with Gasteiger partial charge >= 0.3 is 0 Å². The van der Waals surface area contributed by atoms with E-state index in [0.717, 1.165) is 0 Å². The van der Waals surface area contributed by atoms with Crippen molar-refractivity contribution in [3.63, 3.8) is 0 Å². The second kappa shape index (κ2) is 5.74. The van der Waals surface area contributed by atoms with Gasteiger partial charge in [0.15, 0.2) is 0 Å². The molecule has 2 fully saturated rings. The number of rotatable bonds is 2. The van der Waals surface area contributed by atoms with E-state index in [1.807, 2.05) is 0 Å². The Bertz CT molecular complexity index is 303. The molecule has 94 valence electrons. The summed E-state index contributed by atoms with van der Waals surface area (Å²) in [4.78, 5) is 2.49. The van der Waals surface area contributed by atoms with Gasteiger partial charge in [-0.1, -0.05) is 12.1 Å². The summed E-state index contributed by atoms with van der Waals surface area (Å²) in [5.41, 5.74) is 2.86. The highest BCUT2D eigenvalue weighted by molar-refractivity contribution is 5.85. The predicted molar refractivity (Wildman–Crippen MR) is 75.1 cm³/mol. The second-order valence-electron chi connectivity index (χ2n) is 4.93. The molecule has 3 rings (SSSR count). The van der Waals surface area contributed by atoms with Crippen molar-refractivity contribution in [2.45, 2.75) is 31.7 Å². The van der Waals surface area contributed by atoms with Crippen LogP contribution in [0.5, 0.6) is 0 Å². The molecular formula is C14H21ClN2. The molecule has 0 bridgehead atoms. The van der Waals surface area contributed by atoms with Crippen molar-refractivity contribution in [3.8, 4) is 0 Å². The molecule has 0 amide bonds. The van der Waals surface area contributed by atoms with E-state index >= 15 is 0 Å². The Morgan fingerprint density at radius 2 is 1.71 bits per heavy atom. The number of nitrogens with zero attached hydrogens (tertiary/aromatic N) is 1. The van der Waals surface area contributed by atoms with Crippen LogP contribution in [-0.4, -0.2) is 19.6 Å². The standard InChI is InChI=1S/C14H20N2.ClH/c1-2-11-16(10-1)13-7-5-12(6-8-13)14-4-3-9-15-14;/h5-8,14-15H,1-4,9-11H2;1H. The van der Waals surface area contributed by atoms with Crippen LogP contribution in [0.2, 0.25) is 0 Å². The molecule has 0 radical (unpaired) electrons. The highest BCUT2D eigenvalue weighted by Crippen LogP contribution is 2.26. The SMILES string of the molecule is Cl.c1cc(N2CCCC2)ccc1C1CCCN1. The molecule has 2 aliphatic heterocycles. The zero-order valence-corrected chi connectivity index (χ0v) is 11.0. The van der Waals surface area contributed by atoms with Crippen molar-refractivity contribution in [3.05, 3.63) is 29.8 Å². The number of anilines is 1. The minimum atomic E-state index is 0. The van der Waals surface area contributed by atoms with Crippen LogP contribution in [0.15, 0.2) is 24.3 Å². The lowest BCUT2D eigenvalue weighted by Crippen LogP contribution is -2.18. The quantitative estimate of drug-likeness (QED) is 0.870. The van der Waals surface area contributed by atoms with Gasteiger partial charge in [-0.2, -0.15) is 0 Å². The summed E-state index contributed by atoms with van der Waals surface area (Å²) in [7, 11) is 0. The molecule has 0 aromatic heterocycles. The van der Waals surface area contributed by atoms with Crippen LogP contribution in [0.1, 0.15) is 37.3 Å². The molecule has 2 aliphatic rings. The number of nitrogens with one attached hydrogen (secondary N) is 1. The first-order valence-electron chi connectivity index (χ1n) is 6.52. The van der Waals surface area contributed by atoms with Crippen LogP contribution in [0, 0.1) is 0 Å². The van der Waals surface area contributed by atoms with Gasteiger partial charge in [-0.05, 0) is 49.9 Å². The van der Waals surface area contributed by atoms with Crippen LogP contribution in [0.4, 0.5) is 5.69 Å². The first-order chi connectivity index (χ1) is 7.93. The summed E-state index contributed by atoms with van der Waals surface area (Å²) in [6.45, 7) is 3.65. The number of halogens is 1. The summed E-state index contributed by atoms with van der Waals surface area (Å²) < 4.78 is 0. The van der Waals surface area contributed by atoms with Crippen molar-refractivity contribution < 1.29 is 0 Å². The summed E-state index contributed by atoms with van der Waals surface area (Å²) in [6.07, 6.45) is 5.32. The Labute approximate surface area is 110 Å². The molecule has 2 heterocycles. The average Bonchev–Trinajstić information content (AvgIpc) is 3.03. The van der Waals surface area contributed by atoms with Crippen LogP contribution in [-0.2, 0) is 0 Å². The van der Waals surface area contributed by atoms with E-state index in [9.17, 15) is 0 Å². The molecule has 2 saturated heterocycles. The Hall–Kier alpha value is -0.730. The number of hydrogen-bond donors (Lipinski definition) is 1. The van der Waals surface area contributed by atoms with E-state index in [0.29, 0.717) is 6.04 Å². The van der Waals surface area contributed by atoms with Crippen molar-refractivity contribution >= 4 is 18.1 Å². The molecule has 0 saturated carbocycles. The molecule has 0 spiro atoms. The molecule has 1 N–H and O–H groups in total. The maximum absolute atomic E-state index is 3.55. The third-order valence-electron chi connectivity index (χ3n) is 3.83. The Morgan fingerprint density at radius 1 is 1.00 bits per heavy atom. The third kappa shape index (κ3) is 2.75. The first kappa shape index (κ1) is 12.7. The van der Waals surface area contributed by atoms with E-state index < -0.39 is 0 Å². The summed E-state index contributed by atoms with van der Waals surface area (Å²) in [5.74, 6) is 0. The molecule has 3 heteroatoms. The second-order valence-corrected chi connectivity index (χ2v) is 4.93. The maximum Gasteiger partial charge on any atom is 0.0366 e. The van der Waals surface area contributed by atoms with E-state index in [-0.39, 0.29) is 12.4 Å². The predicted octanol–water partition coefficient (Wildman–Crippen LogP) is 3.13. The smallest absolute Gasteiger partial charge is 0.0366 e. The van der Waals surface area contributed by atoms with Crippen LogP contribution in [0.25, 0.3) is 0 Å². The molecule has 1 unspecified atom stereocenters. The Morgan fingerprint density at radius 3 is 2.29 bits per heavy atom. The van der Waals surface area contributed by atoms with E-state index in [4.69, 9.17) is 0 Å². The largest absolute Gasteiger partial charge is 0.372 e. The van der Waals surface area contributed by atoms with Crippen LogP contribution < -0.4 is 10.2 Å². The van der Waals surface area contributed by atoms with Crippen molar-refractivity contribution in [2.24, 2.45) is 0 Å². The fourth-order valence-electron chi connectivity index (χ4n) is 2.86. The zero-order valence-electron chi connectivity index (χ0n) is 10.2. The molecule has 1 atom stereocenters. The number of benzene rings is 1. The lowest BCUT2D eigenvalue weighted by Gasteiger charge is -2.19. The Kier molecular flexibility index (Phi) is 4.30. The Balaban J connectivity index is 0.00000108. The summed E-state index contributed by atoms with van der Waals surface area (Å²) in [6, 6.07) is 9.79. The van der Waals surface area contributed by atoms with Gasteiger partial charge in [0.05, 0.1) is 0 Å². The topological polar surface area (TPSA) is 15.3 Å². The minimum absolute atomic E-state index is 0. The van der Waals surface area contributed by atoms with Crippen molar-refractivity contribution in [2.75, 3.05) is 24.5 Å². The van der Waals surface area contributed by atoms with E-state index in [2.05, 4.69) is 34.5 Å². The molecule has 17 heavy (non-hydrogen) atoms. The summed E-state index contributed by atoms with van der Waals surface area (Å²) in [5, 5.41) is 3.55. The van der Waals surface area contributed by atoms with Gasteiger partial charge in [0.25, 0.3) is 0 Å². The van der Waals surface area contributed by atoms with Gasteiger partial charge in [0.2, 0.25) is 0 Å². The zero-order chi connectivity index (χ0) is 10.8. The molecule has 1 aromatic carbocycles. The van der Waals surface area contributed by atoms with Gasteiger partial charge in [-0.25, -0.2) is 0 Å². The number of hydrogen-bond acceptors (Lipinski definition) is 2. The van der Waals surface area contributed by atoms with E-state index in [1.54, 1.807) is 0 Å². The van der Waals surface area contributed by atoms with Gasteiger partial charge in [-0.3, -0.25) is 0 Å². The first-order valence-corrected chi connectivity index (χ1v) is 6.52. The maximum atomic E-state index is 3.55. The van der Waals surface area contributed by atoms with Crippen LogP contribution >= 0.6 is 12.4 Å². The minimum Gasteiger partial charge on any atom is -0.372 e. The van der Waals surface area contributed by atoms with Crippen molar-refractivity contribution in [1.29, 1.82) is 0 Å². The fourth-order valence-corrected chi connectivity index (χ4v) is 2.86. The molecular weight excluding hydrogens is 232 g/mol. The van der Waals surface area contributed by atoms with Gasteiger partial charge in [0, 0.05) is 24.8 Å². The highest BCUT2D eigenvalue weighted by atomic mass is 35.5. The highest BCUT2D eigenvalue weighted by Gasteiger charge is 2.17. The van der Waals surface area contributed by atoms with Gasteiger partial charge < -0.3 is 10.2 Å². The van der Waals surface area contributed by atoms with Gasteiger partial charge in [0.1, 0.15) is 0 Å². The molecule has 0 aliphatic carbocycles. The lowest BCUT2D eigenvalue weighted by atomic mass is 10.1.